The summed E-state index contributed by atoms with van der Waals surface area (Å²) in [5, 5.41) is 6.64. The van der Waals surface area contributed by atoms with E-state index in [4.69, 9.17) is 4.74 Å². The Bertz CT molecular complexity index is 605. The van der Waals surface area contributed by atoms with Crippen LogP contribution in [0.15, 0.2) is 24.3 Å². The van der Waals surface area contributed by atoms with E-state index in [0.717, 1.165) is 43.3 Å². The number of nitrogens with one attached hydrogen (secondary N) is 2. The predicted octanol–water partition coefficient (Wildman–Crippen LogP) is 3.75. The highest BCUT2D eigenvalue weighted by atomic mass is 35.5. The van der Waals surface area contributed by atoms with Gasteiger partial charge in [-0.2, -0.15) is 0 Å². The Morgan fingerprint density at radius 2 is 2.16 bits per heavy atom. The van der Waals surface area contributed by atoms with Gasteiger partial charge in [-0.1, -0.05) is 25.0 Å². The SMILES string of the molecule is Cl.O=C(Nc1cccc(COCC2CC2)c1)[C@@]12CCCC[C@H]1CNC2. The lowest BCUT2D eigenvalue weighted by Gasteiger charge is -2.37. The Kier molecular flexibility index (Phi) is 6.03. The minimum atomic E-state index is -0.198. The summed E-state index contributed by atoms with van der Waals surface area (Å²) in [6, 6.07) is 8.12. The van der Waals surface area contributed by atoms with Crippen LogP contribution in [0.3, 0.4) is 0 Å². The van der Waals surface area contributed by atoms with Crippen molar-refractivity contribution >= 4 is 24.0 Å². The highest BCUT2D eigenvalue weighted by molar-refractivity contribution is 5.96. The fourth-order valence-corrected chi connectivity index (χ4v) is 4.31. The third-order valence-corrected chi connectivity index (χ3v) is 5.99. The number of benzene rings is 1. The number of anilines is 1. The molecule has 2 N–H and O–H groups in total. The van der Waals surface area contributed by atoms with Crippen molar-refractivity contribution in [3.8, 4) is 0 Å². The largest absolute Gasteiger partial charge is 0.376 e. The van der Waals surface area contributed by atoms with Gasteiger partial charge < -0.3 is 15.4 Å². The molecule has 0 aromatic heterocycles. The summed E-state index contributed by atoms with van der Waals surface area (Å²) in [6.45, 7) is 3.32. The van der Waals surface area contributed by atoms with E-state index < -0.39 is 0 Å². The van der Waals surface area contributed by atoms with Gasteiger partial charge in [0.25, 0.3) is 0 Å². The van der Waals surface area contributed by atoms with Crippen LogP contribution in [0.4, 0.5) is 5.69 Å². The number of rotatable bonds is 6. The van der Waals surface area contributed by atoms with Gasteiger partial charge in [0.05, 0.1) is 12.0 Å². The molecule has 4 rings (SSSR count). The first kappa shape index (κ1) is 18.7. The number of halogens is 1. The van der Waals surface area contributed by atoms with E-state index in [9.17, 15) is 4.79 Å². The second kappa shape index (κ2) is 8.07. The molecule has 1 heterocycles. The van der Waals surface area contributed by atoms with Crippen molar-refractivity contribution in [2.45, 2.75) is 45.1 Å². The molecule has 1 aliphatic heterocycles. The van der Waals surface area contributed by atoms with Crippen LogP contribution in [0.5, 0.6) is 0 Å². The molecule has 1 aromatic rings. The number of hydrogen-bond acceptors (Lipinski definition) is 3. The minimum absolute atomic E-state index is 0. The van der Waals surface area contributed by atoms with E-state index in [1.165, 1.54) is 32.1 Å². The number of carbonyl (C=O) groups is 1. The number of carbonyl (C=O) groups excluding carboxylic acids is 1. The van der Waals surface area contributed by atoms with Crippen LogP contribution < -0.4 is 10.6 Å². The van der Waals surface area contributed by atoms with Gasteiger partial charge in [-0.15, -0.1) is 12.4 Å². The average molecular weight is 365 g/mol. The van der Waals surface area contributed by atoms with Gasteiger partial charge in [0, 0.05) is 18.8 Å². The number of amides is 1. The molecule has 2 saturated carbocycles. The lowest BCUT2D eigenvalue weighted by Crippen LogP contribution is -2.44. The van der Waals surface area contributed by atoms with Gasteiger partial charge in [-0.3, -0.25) is 4.79 Å². The van der Waals surface area contributed by atoms with E-state index >= 15 is 0 Å². The Labute approximate surface area is 156 Å². The van der Waals surface area contributed by atoms with Crippen LogP contribution in [-0.2, 0) is 16.1 Å². The third kappa shape index (κ3) is 4.18. The average Bonchev–Trinajstić information content (AvgIpc) is 3.31. The zero-order chi connectivity index (χ0) is 16.4. The Hall–Kier alpha value is -1.10. The summed E-state index contributed by atoms with van der Waals surface area (Å²) < 4.78 is 5.77. The van der Waals surface area contributed by atoms with Crippen LogP contribution in [0, 0.1) is 17.3 Å². The van der Waals surface area contributed by atoms with Crippen molar-refractivity contribution in [2.75, 3.05) is 25.0 Å². The molecule has 0 radical (unpaired) electrons. The van der Waals surface area contributed by atoms with Gasteiger partial charge >= 0.3 is 0 Å². The summed E-state index contributed by atoms with van der Waals surface area (Å²) >= 11 is 0. The molecule has 0 unspecified atom stereocenters. The predicted molar refractivity (Wildman–Crippen MR) is 102 cm³/mol. The molecule has 5 heteroatoms. The standard InChI is InChI=1S/C20H28N2O2.ClH/c23-19(20-9-2-1-5-17(20)11-21-14-20)22-18-6-3-4-16(10-18)13-24-12-15-7-8-15;/h3-4,6,10,15,17,21H,1-2,5,7-9,11-14H2,(H,22,23);1H/t17-,20+;/m0./s1. The van der Waals surface area contributed by atoms with Gasteiger partial charge in [0.15, 0.2) is 0 Å². The summed E-state index contributed by atoms with van der Waals surface area (Å²) in [4.78, 5) is 13.0. The molecule has 1 amide bonds. The van der Waals surface area contributed by atoms with Gasteiger partial charge in [-0.25, -0.2) is 0 Å². The Morgan fingerprint density at radius 3 is 3.00 bits per heavy atom. The molecule has 2 atom stereocenters. The van der Waals surface area contributed by atoms with E-state index in [0.29, 0.717) is 12.5 Å². The summed E-state index contributed by atoms with van der Waals surface area (Å²) in [7, 11) is 0. The molecule has 25 heavy (non-hydrogen) atoms. The van der Waals surface area contributed by atoms with Gasteiger partial charge in [0.1, 0.15) is 0 Å². The van der Waals surface area contributed by atoms with E-state index in [2.05, 4.69) is 22.8 Å². The van der Waals surface area contributed by atoms with Gasteiger partial charge in [0.2, 0.25) is 5.91 Å². The zero-order valence-corrected chi connectivity index (χ0v) is 15.6. The number of fused-ring (bicyclic) bond motifs is 1. The molecular weight excluding hydrogens is 336 g/mol. The molecule has 0 spiro atoms. The zero-order valence-electron chi connectivity index (χ0n) is 14.8. The van der Waals surface area contributed by atoms with Crippen molar-refractivity contribution in [1.82, 2.24) is 5.32 Å². The van der Waals surface area contributed by atoms with Crippen molar-refractivity contribution in [3.63, 3.8) is 0 Å². The Balaban J connectivity index is 0.00000182. The molecule has 0 bridgehead atoms. The number of hydrogen-bond donors (Lipinski definition) is 2. The maximum Gasteiger partial charge on any atom is 0.232 e. The second-order valence-corrected chi connectivity index (χ2v) is 7.84. The Morgan fingerprint density at radius 1 is 1.28 bits per heavy atom. The normalized spacial score (nSPS) is 28.1. The molecule has 1 saturated heterocycles. The number of ether oxygens (including phenoxy) is 1. The first-order chi connectivity index (χ1) is 11.8. The van der Waals surface area contributed by atoms with Crippen molar-refractivity contribution in [2.24, 2.45) is 17.3 Å². The van der Waals surface area contributed by atoms with Gasteiger partial charge in [-0.05, 0) is 61.8 Å². The van der Waals surface area contributed by atoms with Crippen LogP contribution >= 0.6 is 12.4 Å². The maximum absolute atomic E-state index is 13.0. The third-order valence-electron chi connectivity index (χ3n) is 5.99. The molecule has 2 aliphatic carbocycles. The fraction of sp³-hybridized carbons (Fsp3) is 0.650. The van der Waals surface area contributed by atoms with Crippen molar-refractivity contribution in [1.29, 1.82) is 0 Å². The van der Waals surface area contributed by atoms with E-state index in [1.54, 1.807) is 0 Å². The van der Waals surface area contributed by atoms with Crippen molar-refractivity contribution < 1.29 is 9.53 Å². The molecular formula is C20H29ClN2O2. The van der Waals surface area contributed by atoms with Crippen LogP contribution in [0.2, 0.25) is 0 Å². The lowest BCUT2D eigenvalue weighted by molar-refractivity contribution is -0.128. The highest BCUT2D eigenvalue weighted by Gasteiger charge is 2.49. The van der Waals surface area contributed by atoms with Crippen LogP contribution in [0.25, 0.3) is 0 Å². The topological polar surface area (TPSA) is 50.4 Å². The fourth-order valence-electron chi connectivity index (χ4n) is 4.31. The molecule has 138 valence electrons. The smallest absolute Gasteiger partial charge is 0.232 e. The second-order valence-electron chi connectivity index (χ2n) is 7.84. The molecule has 3 aliphatic rings. The monoisotopic (exact) mass is 364 g/mol. The van der Waals surface area contributed by atoms with E-state index in [-0.39, 0.29) is 23.7 Å². The summed E-state index contributed by atoms with van der Waals surface area (Å²) in [5.74, 6) is 1.48. The molecule has 4 nitrogen and oxygen atoms in total. The van der Waals surface area contributed by atoms with Crippen LogP contribution in [0.1, 0.15) is 44.1 Å². The summed E-state index contributed by atoms with van der Waals surface area (Å²) in [5.41, 5.74) is 1.84. The quantitative estimate of drug-likeness (QED) is 0.808. The first-order valence-electron chi connectivity index (χ1n) is 9.45. The first-order valence-corrected chi connectivity index (χ1v) is 9.45. The van der Waals surface area contributed by atoms with Crippen LogP contribution in [-0.4, -0.2) is 25.6 Å². The van der Waals surface area contributed by atoms with Crippen molar-refractivity contribution in [3.05, 3.63) is 29.8 Å². The minimum Gasteiger partial charge on any atom is -0.376 e. The molecule has 1 aromatic carbocycles. The molecule has 3 fully saturated rings. The summed E-state index contributed by atoms with van der Waals surface area (Å²) in [6.07, 6.45) is 7.24. The maximum atomic E-state index is 13.0. The van der Waals surface area contributed by atoms with E-state index in [1.807, 2.05) is 12.1 Å². The lowest BCUT2D eigenvalue weighted by atomic mass is 9.67. The highest BCUT2D eigenvalue weighted by Crippen LogP contribution is 2.44.